The van der Waals surface area contributed by atoms with Crippen LogP contribution in [-0.2, 0) is 12.0 Å². The summed E-state index contributed by atoms with van der Waals surface area (Å²) in [5.74, 6) is 1.18. The van der Waals surface area contributed by atoms with Crippen LogP contribution in [-0.4, -0.2) is 16.1 Å². The predicted molar refractivity (Wildman–Crippen MR) is 88.9 cm³/mol. The Labute approximate surface area is 131 Å². The van der Waals surface area contributed by atoms with E-state index < -0.39 is 0 Å². The number of imidazole rings is 1. The molecule has 0 radical (unpaired) electrons. The SMILES string of the molecule is CCCn1c(C2(CN)CCCCC2)nc2cc(Cl)ccc21. The maximum Gasteiger partial charge on any atom is 0.117 e. The van der Waals surface area contributed by atoms with Crippen LogP contribution in [0.15, 0.2) is 18.2 Å². The third-order valence-corrected chi connectivity index (χ3v) is 5.07. The number of hydrogen-bond acceptors (Lipinski definition) is 2. The van der Waals surface area contributed by atoms with Gasteiger partial charge in [-0.25, -0.2) is 4.98 Å². The standard InChI is InChI=1S/C17H24ClN3/c1-2-10-21-15-7-6-13(18)11-14(15)20-16(21)17(12-19)8-4-3-5-9-17/h6-7,11H,2-5,8-10,12,19H2,1H3. The van der Waals surface area contributed by atoms with Crippen molar-refractivity contribution in [3.05, 3.63) is 29.0 Å². The van der Waals surface area contributed by atoms with E-state index in [0.717, 1.165) is 36.3 Å². The van der Waals surface area contributed by atoms with Crippen molar-refractivity contribution in [1.82, 2.24) is 9.55 Å². The number of rotatable bonds is 4. The molecule has 21 heavy (non-hydrogen) atoms. The molecule has 2 aromatic rings. The molecule has 1 aromatic heterocycles. The third-order valence-electron chi connectivity index (χ3n) is 4.83. The fraction of sp³-hybridized carbons (Fsp3) is 0.588. The molecule has 4 heteroatoms. The Morgan fingerprint density at radius 3 is 2.71 bits per heavy atom. The molecule has 1 aliphatic carbocycles. The molecule has 0 spiro atoms. The molecule has 0 atom stereocenters. The normalized spacial score (nSPS) is 18.2. The molecule has 1 aliphatic rings. The van der Waals surface area contributed by atoms with Gasteiger partial charge in [0.15, 0.2) is 0 Å². The van der Waals surface area contributed by atoms with Crippen LogP contribution in [0.1, 0.15) is 51.3 Å². The van der Waals surface area contributed by atoms with E-state index in [1.165, 1.54) is 30.6 Å². The summed E-state index contributed by atoms with van der Waals surface area (Å²) in [6.45, 7) is 3.89. The molecule has 1 aromatic carbocycles. The molecule has 0 saturated heterocycles. The van der Waals surface area contributed by atoms with Crippen molar-refractivity contribution in [2.24, 2.45) is 5.73 Å². The van der Waals surface area contributed by atoms with Crippen LogP contribution < -0.4 is 5.73 Å². The average Bonchev–Trinajstić information content (AvgIpc) is 2.87. The quantitative estimate of drug-likeness (QED) is 0.917. The summed E-state index contributed by atoms with van der Waals surface area (Å²) in [5, 5.41) is 0.751. The van der Waals surface area contributed by atoms with Gasteiger partial charge in [0.05, 0.1) is 11.0 Å². The minimum atomic E-state index is 0.0545. The molecular weight excluding hydrogens is 282 g/mol. The Hall–Kier alpha value is -1.06. The van der Waals surface area contributed by atoms with E-state index in [0.29, 0.717) is 6.54 Å². The molecule has 0 aliphatic heterocycles. The van der Waals surface area contributed by atoms with Crippen molar-refractivity contribution in [2.45, 2.75) is 57.4 Å². The molecule has 1 fully saturated rings. The van der Waals surface area contributed by atoms with Crippen LogP contribution >= 0.6 is 11.6 Å². The van der Waals surface area contributed by atoms with Crippen molar-refractivity contribution in [2.75, 3.05) is 6.54 Å². The first-order valence-electron chi connectivity index (χ1n) is 8.06. The molecule has 1 saturated carbocycles. The number of halogens is 1. The van der Waals surface area contributed by atoms with Gasteiger partial charge in [0.25, 0.3) is 0 Å². The first-order chi connectivity index (χ1) is 10.2. The van der Waals surface area contributed by atoms with E-state index in [9.17, 15) is 0 Å². The number of hydrogen-bond donors (Lipinski definition) is 1. The fourth-order valence-electron chi connectivity index (χ4n) is 3.71. The van der Waals surface area contributed by atoms with Gasteiger partial charge < -0.3 is 10.3 Å². The summed E-state index contributed by atoms with van der Waals surface area (Å²) in [6.07, 6.45) is 7.25. The van der Waals surface area contributed by atoms with Gasteiger partial charge in [-0.3, -0.25) is 0 Å². The van der Waals surface area contributed by atoms with Crippen molar-refractivity contribution in [3.8, 4) is 0 Å². The summed E-state index contributed by atoms with van der Waals surface area (Å²) < 4.78 is 2.38. The van der Waals surface area contributed by atoms with Gasteiger partial charge in [-0.05, 0) is 37.5 Å². The highest BCUT2D eigenvalue weighted by Crippen LogP contribution is 2.39. The Balaban J connectivity index is 2.17. The Morgan fingerprint density at radius 2 is 2.05 bits per heavy atom. The highest BCUT2D eigenvalue weighted by atomic mass is 35.5. The van der Waals surface area contributed by atoms with Crippen molar-refractivity contribution >= 4 is 22.6 Å². The van der Waals surface area contributed by atoms with E-state index >= 15 is 0 Å². The number of nitrogens with zero attached hydrogens (tertiary/aromatic N) is 2. The maximum atomic E-state index is 6.21. The van der Waals surface area contributed by atoms with Crippen molar-refractivity contribution in [1.29, 1.82) is 0 Å². The fourth-order valence-corrected chi connectivity index (χ4v) is 3.87. The third kappa shape index (κ3) is 2.58. The van der Waals surface area contributed by atoms with Crippen LogP contribution in [0, 0.1) is 0 Å². The molecule has 3 rings (SSSR count). The molecule has 3 nitrogen and oxygen atoms in total. The van der Waals surface area contributed by atoms with Crippen molar-refractivity contribution < 1.29 is 0 Å². The van der Waals surface area contributed by atoms with Crippen LogP contribution in [0.4, 0.5) is 0 Å². The largest absolute Gasteiger partial charge is 0.329 e. The van der Waals surface area contributed by atoms with Crippen LogP contribution in [0.25, 0.3) is 11.0 Å². The Kier molecular flexibility index (Phi) is 4.23. The summed E-state index contributed by atoms with van der Waals surface area (Å²) in [7, 11) is 0. The monoisotopic (exact) mass is 305 g/mol. The molecular formula is C17H24ClN3. The Bertz CT molecular complexity index is 626. The van der Waals surface area contributed by atoms with Crippen LogP contribution in [0.3, 0.4) is 0 Å². The highest BCUT2D eigenvalue weighted by Gasteiger charge is 2.37. The number of fused-ring (bicyclic) bond motifs is 1. The van der Waals surface area contributed by atoms with Gasteiger partial charge in [0.2, 0.25) is 0 Å². The van der Waals surface area contributed by atoms with Gasteiger partial charge in [-0.2, -0.15) is 0 Å². The second-order valence-electron chi connectivity index (χ2n) is 6.27. The minimum Gasteiger partial charge on any atom is -0.329 e. The smallest absolute Gasteiger partial charge is 0.117 e. The first-order valence-corrected chi connectivity index (χ1v) is 8.44. The number of nitrogens with two attached hydrogens (primary N) is 1. The molecule has 0 amide bonds. The average molecular weight is 306 g/mol. The first kappa shape index (κ1) is 14.9. The number of aromatic nitrogens is 2. The second-order valence-corrected chi connectivity index (χ2v) is 6.70. The molecule has 2 N–H and O–H groups in total. The molecule has 0 bridgehead atoms. The zero-order valence-electron chi connectivity index (χ0n) is 12.7. The topological polar surface area (TPSA) is 43.8 Å². The number of benzene rings is 1. The molecule has 114 valence electrons. The van der Waals surface area contributed by atoms with E-state index in [1.807, 2.05) is 12.1 Å². The van der Waals surface area contributed by atoms with Gasteiger partial charge in [0.1, 0.15) is 5.82 Å². The molecule has 1 heterocycles. The predicted octanol–water partition coefficient (Wildman–Crippen LogP) is 4.26. The van der Waals surface area contributed by atoms with Gasteiger partial charge >= 0.3 is 0 Å². The van der Waals surface area contributed by atoms with Gasteiger partial charge in [0, 0.05) is 23.5 Å². The molecule has 0 unspecified atom stereocenters. The lowest BCUT2D eigenvalue weighted by Crippen LogP contribution is -2.39. The van der Waals surface area contributed by atoms with Crippen LogP contribution in [0.2, 0.25) is 5.02 Å². The summed E-state index contributed by atoms with van der Waals surface area (Å²) >= 11 is 6.14. The second kappa shape index (κ2) is 5.98. The van der Waals surface area contributed by atoms with Gasteiger partial charge in [-0.15, -0.1) is 0 Å². The minimum absolute atomic E-state index is 0.0545. The zero-order valence-corrected chi connectivity index (χ0v) is 13.5. The van der Waals surface area contributed by atoms with Crippen LogP contribution in [0.5, 0.6) is 0 Å². The van der Waals surface area contributed by atoms with E-state index in [2.05, 4.69) is 17.6 Å². The lowest BCUT2D eigenvalue weighted by molar-refractivity contribution is 0.277. The summed E-state index contributed by atoms with van der Waals surface area (Å²) in [6, 6.07) is 6.02. The lowest BCUT2D eigenvalue weighted by atomic mass is 9.73. The van der Waals surface area contributed by atoms with E-state index in [1.54, 1.807) is 0 Å². The summed E-state index contributed by atoms with van der Waals surface area (Å²) in [4.78, 5) is 4.96. The highest BCUT2D eigenvalue weighted by molar-refractivity contribution is 6.31. The zero-order chi connectivity index (χ0) is 14.9. The van der Waals surface area contributed by atoms with Gasteiger partial charge in [-0.1, -0.05) is 37.8 Å². The Morgan fingerprint density at radius 1 is 1.29 bits per heavy atom. The maximum absolute atomic E-state index is 6.21. The van der Waals surface area contributed by atoms with Crippen molar-refractivity contribution in [3.63, 3.8) is 0 Å². The van der Waals surface area contributed by atoms with E-state index in [4.69, 9.17) is 22.3 Å². The van der Waals surface area contributed by atoms with E-state index in [-0.39, 0.29) is 5.41 Å². The lowest BCUT2D eigenvalue weighted by Gasteiger charge is -2.36. The summed E-state index contributed by atoms with van der Waals surface area (Å²) in [5.41, 5.74) is 8.46. The number of aryl methyl sites for hydroxylation is 1.